The first-order chi connectivity index (χ1) is 17.4. The molecule has 1 aliphatic heterocycles. The smallest absolute Gasteiger partial charge is 0.0585 e. The van der Waals surface area contributed by atoms with Crippen LogP contribution in [0.3, 0.4) is 0 Å². The van der Waals surface area contributed by atoms with Gasteiger partial charge in [-0.15, -0.1) is 0 Å². The Hall–Kier alpha value is -2.82. The van der Waals surface area contributed by atoms with Crippen molar-refractivity contribution in [3.05, 3.63) is 152 Å². The Balaban J connectivity index is 1.66. The SMILES string of the molecule is c1ccc([SiH]2[SiH](c3ccccc3)[SiH](c3ccccc3)[SiH](c3ccccc3)[SiH]2c2ccccc2)cc1. The van der Waals surface area contributed by atoms with Crippen LogP contribution in [0.4, 0.5) is 0 Å². The lowest BCUT2D eigenvalue weighted by molar-refractivity contribution is 1.76. The number of benzene rings is 5. The van der Waals surface area contributed by atoms with E-state index in [1.54, 1.807) is 25.9 Å². The van der Waals surface area contributed by atoms with E-state index in [0.717, 1.165) is 0 Å². The first-order valence-corrected chi connectivity index (χ1v) is 28.9. The summed E-state index contributed by atoms with van der Waals surface area (Å²) in [5.74, 6) is 0. The van der Waals surface area contributed by atoms with Crippen LogP contribution >= 0.6 is 0 Å². The first kappa shape index (κ1) is 22.6. The van der Waals surface area contributed by atoms with Gasteiger partial charge in [0.1, 0.15) is 0 Å². The van der Waals surface area contributed by atoms with Crippen molar-refractivity contribution in [2.24, 2.45) is 0 Å². The fourth-order valence-electron chi connectivity index (χ4n) is 6.57. The molecule has 0 aromatic heterocycles. The Morgan fingerprint density at radius 1 is 0.200 bits per heavy atom. The Morgan fingerprint density at radius 2 is 0.343 bits per heavy atom. The minimum absolute atomic E-state index is 1.18. The highest BCUT2D eigenvalue weighted by Crippen LogP contribution is 2.19. The van der Waals surface area contributed by atoms with Crippen molar-refractivity contribution in [2.45, 2.75) is 0 Å². The minimum atomic E-state index is -1.18. The summed E-state index contributed by atoms with van der Waals surface area (Å²) < 4.78 is 0. The predicted octanol–water partition coefficient (Wildman–Crippen LogP) is 1.06. The summed E-state index contributed by atoms with van der Waals surface area (Å²) in [5.41, 5.74) is 0. The first-order valence-electron chi connectivity index (χ1n) is 12.7. The Kier molecular flexibility index (Phi) is 6.75. The van der Waals surface area contributed by atoms with E-state index in [9.17, 15) is 0 Å². The molecule has 0 spiro atoms. The van der Waals surface area contributed by atoms with Crippen molar-refractivity contribution in [1.29, 1.82) is 0 Å². The molecule has 0 amide bonds. The maximum atomic E-state index is 2.51. The van der Waals surface area contributed by atoms with E-state index in [-0.39, 0.29) is 0 Å². The van der Waals surface area contributed by atoms with Crippen molar-refractivity contribution < 1.29 is 0 Å². The molecule has 1 heterocycles. The molecule has 5 aromatic carbocycles. The van der Waals surface area contributed by atoms with E-state index < -0.39 is 39.2 Å². The zero-order valence-corrected chi connectivity index (χ0v) is 25.6. The van der Waals surface area contributed by atoms with Crippen LogP contribution in [0.25, 0.3) is 0 Å². The van der Waals surface area contributed by atoms with Gasteiger partial charge in [-0.2, -0.15) is 0 Å². The molecule has 1 aliphatic rings. The molecule has 6 rings (SSSR count). The molecule has 0 nitrogen and oxygen atoms in total. The maximum Gasteiger partial charge on any atom is 0.0585 e. The van der Waals surface area contributed by atoms with Gasteiger partial charge < -0.3 is 0 Å². The van der Waals surface area contributed by atoms with E-state index in [2.05, 4.69) is 152 Å². The van der Waals surface area contributed by atoms with E-state index in [0.29, 0.717) is 0 Å². The summed E-state index contributed by atoms with van der Waals surface area (Å²) in [6.07, 6.45) is 0. The molecule has 0 atom stereocenters. The van der Waals surface area contributed by atoms with Crippen molar-refractivity contribution >= 4 is 65.1 Å². The number of hydrogen-bond donors (Lipinski definition) is 0. The van der Waals surface area contributed by atoms with E-state index in [4.69, 9.17) is 0 Å². The summed E-state index contributed by atoms with van der Waals surface area (Å²) in [6, 6.07) is 59.3. The average molecular weight is 531 g/mol. The third kappa shape index (κ3) is 4.46. The van der Waals surface area contributed by atoms with Crippen LogP contribution in [-0.2, 0) is 0 Å². The zero-order valence-electron chi connectivity index (χ0n) is 19.8. The lowest BCUT2D eigenvalue weighted by Gasteiger charge is -2.25. The summed E-state index contributed by atoms with van der Waals surface area (Å²) in [7, 11) is -5.88. The molecule has 5 aromatic rings. The summed E-state index contributed by atoms with van der Waals surface area (Å²) in [6.45, 7) is 0. The lowest BCUT2D eigenvalue weighted by atomic mass is 10.4. The number of hydrogen-bond acceptors (Lipinski definition) is 0. The molecule has 0 radical (unpaired) electrons. The van der Waals surface area contributed by atoms with Gasteiger partial charge in [0.05, 0.1) is 39.2 Å². The Morgan fingerprint density at radius 3 is 0.486 bits per heavy atom. The van der Waals surface area contributed by atoms with Gasteiger partial charge in [-0.3, -0.25) is 0 Å². The summed E-state index contributed by atoms with van der Waals surface area (Å²) >= 11 is 0. The molecule has 0 bridgehead atoms. The molecular formula is C30H30Si5. The van der Waals surface area contributed by atoms with Crippen molar-refractivity contribution in [3.8, 4) is 0 Å². The molecule has 0 saturated carbocycles. The van der Waals surface area contributed by atoms with Crippen LogP contribution in [0.2, 0.25) is 0 Å². The van der Waals surface area contributed by atoms with Gasteiger partial charge in [-0.1, -0.05) is 178 Å². The quantitative estimate of drug-likeness (QED) is 0.298. The maximum absolute atomic E-state index is 2.51. The van der Waals surface area contributed by atoms with Crippen LogP contribution in [-0.4, -0.2) is 39.2 Å². The second-order valence-electron chi connectivity index (χ2n) is 9.68. The van der Waals surface area contributed by atoms with Crippen molar-refractivity contribution in [1.82, 2.24) is 0 Å². The Bertz CT molecular complexity index is 1090. The molecule has 170 valence electrons. The van der Waals surface area contributed by atoms with Crippen LogP contribution < -0.4 is 25.9 Å². The Labute approximate surface area is 215 Å². The molecular weight excluding hydrogens is 501 g/mol. The van der Waals surface area contributed by atoms with E-state index >= 15 is 0 Å². The molecule has 5 heteroatoms. The highest BCUT2D eigenvalue weighted by Gasteiger charge is 2.56. The molecule has 0 unspecified atom stereocenters. The summed E-state index contributed by atoms with van der Waals surface area (Å²) in [5, 5.41) is 8.79. The second-order valence-corrected chi connectivity index (χ2v) is 51.4. The van der Waals surface area contributed by atoms with Gasteiger partial charge in [0.15, 0.2) is 0 Å². The fourth-order valence-corrected chi connectivity index (χ4v) is 181. The largest absolute Gasteiger partial charge is 0.0686 e. The van der Waals surface area contributed by atoms with Crippen LogP contribution in [0, 0.1) is 0 Å². The van der Waals surface area contributed by atoms with Crippen molar-refractivity contribution in [2.75, 3.05) is 0 Å². The van der Waals surface area contributed by atoms with Gasteiger partial charge in [0.2, 0.25) is 0 Å². The normalized spacial score (nSPS) is 23.7. The monoisotopic (exact) mass is 530 g/mol. The van der Waals surface area contributed by atoms with Gasteiger partial charge in [0, 0.05) is 0 Å². The van der Waals surface area contributed by atoms with Crippen LogP contribution in [0.1, 0.15) is 0 Å². The minimum Gasteiger partial charge on any atom is -0.0686 e. The molecule has 1 fully saturated rings. The lowest BCUT2D eigenvalue weighted by Crippen LogP contribution is -2.64. The van der Waals surface area contributed by atoms with Crippen molar-refractivity contribution in [3.63, 3.8) is 0 Å². The average Bonchev–Trinajstić information content (AvgIpc) is 3.32. The molecule has 35 heavy (non-hydrogen) atoms. The third-order valence-electron chi connectivity index (χ3n) is 7.86. The zero-order chi connectivity index (χ0) is 23.5. The molecule has 1 saturated heterocycles. The molecule has 0 N–H and O–H groups in total. The van der Waals surface area contributed by atoms with E-state index in [1.807, 2.05) is 0 Å². The van der Waals surface area contributed by atoms with Crippen LogP contribution in [0.15, 0.2) is 152 Å². The van der Waals surface area contributed by atoms with E-state index in [1.165, 1.54) is 0 Å². The highest BCUT2D eigenvalue weighted by atomic mass is 30.1. The van der Waals surface area contributed by atoms with Gasteiger partial charge in [-0.25, -0.2) is 0 Å². The summed E-state index contributed by atoms with van der Waals surface area (Å²) in [4.78, 5) is 0. The third-order valence-corrected chi connectivity index (χ3v) is 98.0. The van der Waals surface area contributed by atoms with Gasteiger partial charge in [-0.05, 0) is 0 Å². The molecule has 0 aliphatic carbocycles. The highest BCUT2D eigenvalue weighted by molar-refractivity contribution is 8.03. The van der Waals surface area contributed by atoms with Crippen LogP contribution in [0.5, 0.6) is 0 Å². The number of rotatable bonds is 5. The topological polar surface area (TPSA) is 0 Å². The van der Waals surface area contributed by atoms with Gasteiger partial charge >= 0.3 is 0 Å². The van der Waals surface area contributed by atoms with Gasteiger partial charge in [0.25, 0.3) is 0 Å². The predicted molar refractivity (Wildman–Crippen MR) is 166 cm³/mol. The second kappa shape index (κ2) is 10.4. The fraction of sp³-hybridized carbons (Fsp3) is 0. The standard InChI is InChI=1S/C30H30Si5/c1-6-16-26(17-7-1)31-32(27-18-8-2-9-19-27)34(29-22-12-4-13-23-29)35(30-24-14-5-15-25-30)33(31)28-20-10-3-11-21-28/h1-25,31-35H.